The molecule has 1 aliphatic rings. The first-order chi connectivity index (χ1) is 16.4. The summed E-state index contributed by atoms with van der Waals surface area (Å²) < 4.78 is 0. The zero-order valence-electron chi connectivity index (χ0n) is 18.6. The molecule has 1 aliphatic heterocycles. The van der Waals surface area contributed by atoms with E-state index < -0.39 is 0 Å². The number of para-hydroxylation sites is 1. The quantitative estimate of drug-likeness (QED) is 0.294. The summed E-state index contributed by atoms with van der Waals surface area (Å²) in [6.07, 6.45) is 0. The Morgan fingerprint density at radius 1 is 0.853 bits per heavy atom. The third-order valence-electron chi connectivity index (χ3n) is 6.29. The summed E-state index contributed by atoms with van der Waals surface area (Å²) in [5.41, 5.74) is 4.82. The molecule has 2 heterocycles. The van der Waals surface area contributed by atoms with Gasteiger partial charge >= 0.3 is 0 Å². The van der Waals surface area contributed by atoms with Crippen LogP contribution in [-0.2, 0) is 0 Å². The van der Waals surface area contributed by atoms with E-state index in [4.69, 9.17) is 39.8 Å². The minimum absolute atomic E-state index is 0.0122. The average molecular weight is 511 g/mol. The summed E-state index contributed by atoms with van der Waals surface area (Å²) in [6, 6.07) is 20.9. The third kappa shape index (κ3) is 4.34. The van der Waals surface area contributed by atoms with Crippen molar-refractivity contribution in [2.75, 3.05) is 31.1 Å². The number of carbonyl (C=O) groups is 1. The van der Waals surface area contributed by atoms with Crippen molar-refractivity contribution in [3.63, 3.8) is 0 Å². The molecule has 0 aliphatic carbocycles. The van der Waals surface area contributed by atoms with Crippen LogP contribution >= 0.6 is 34.8 Å². The minimum Gasteiger partial charge on any atom is -0.368 e. The summed E-state index contributed by atoms with van der Waals surface area (Å²) in [5, 5.41) is 2.63. The van der Waals surface area contributed by atoms with Gasteiger partial charge in [-0.15, -0.1) is 0 Å². The lowest BCUT2D eigenvalue weighted by molar-refractivity contribution is 0.0748. The van der Waals surface area contributed by atoms with Crippen LogP contribution in [0, 0.1) is 6.92 Å². The molecule has 1 aromatic heterocycles. The summed E-state index contributed by atoms with van der Waals surface area (Å²) >= 11 is 18.7. The molecule has 0 bridgehead atoms. The van der Waals surface area contributed by atoms with Crippen molar-refractivity contribution >= 4 is 57.3 Å². The standard InChI is InChI=1S/C27H22Cl3N3O/c1-17-25(27(34)33-14-12-32(13-15-33)20-9-6-18(28)7-10-20)22-4-2-3-5-24(22)31-26(17)21-11-8-19(29)16-23(21)30/h2-11,16H,12-15H2,1H3. The van der Waals surface area contributed by atoms with Crippen LogP contribution in [0.5, 0.6) is 0 Å². The number of fused-ring (bicyclic) bond motifs is 1. The molecule has 0 atom stereocenters. The van der Waals surface area contributed by atoms with Gasteiger partial charge in [-0.3, -0.25) is 4.79 Å². The van der Waals surface area contributed by atoms with Crippen LogP contribution in [0.4, 0.5) is 5.69 Å². The lowest BCUT2D eigenvalue weighted by Crippen LogP contribution is -2.49. The SMILES string of the molecule is Cc1c(-c2ccc(Cl)cc2Cl)nc2ccccc2c1C(=O)N1CCN(c2ccc(Cl)cc2)CC1. The lowest BCUT2D eigenvalue weighted by atomic mass is 9.96. The second kappa shape index (κ2) is 9.46. The van der Waals surface area contributed by atoms with E-state index in [9.17, 15) is 4.79 Å². The number of benzene rings is 3. The maximum absolute atomic E-state index is 13.9. The van der Waals surface area contributed by atoms with Gasteiger partial charge in [0, 0.05) is 52.9 Å². The number of nitrogens with zero attached hydrogens (tertiary/aromatic N) is 3. The van der Waals surface area contributed by atoms with E-state index in [1.807, 2.05) is 66.4 Å². The number of hydrogen-bond donors (Lipinski definition) is 0. The van der Waals surface area contributed by atoms with Crippen LogP contribution in [0.25, 0.3) is 22.2 Å². The Kier molecular flexibility index (Phi) is 6.39. The van der Waals surface area contributed by atoms with Crippen LogP contribution in [0.15, 0.2) is 66.7 Å². The average Bonchev–Trinajstić information content (AvgIpc) is 2.84. The largest absolute Gasteiger partial charge is 0.368 e. The van der Waals surface area contributed by atoms with Gasteiger partial charge in [0.1, 0.15) is 0 Å². The molecule has 1 fully saturated rings. The predicted molar refractivity (Wildman–Crippen MR) is 142 cm³/mol. The van der Waals surface area contributed by atoms with Gasteiger partial charge in [0.2, 0.25) is 0 Å². The predicted octanol–water partition coefficient (Wildman–Crippen LogP) is 7.13. The fraction of sp³-hybridized carbons (Fsp3) is 0.185. The Labute approximate surface area is 213 Å². The normalized spacial score (nSPS) is 14.0. The smallest absolute Gasteiger partial charge is 0.255 e. The van der Waals surface area contributed by atoms with Gasteiger partial charge in [0.05, 0.1) is 21.8 Å². The second-order valence-electron chi connectivity index (χ2n) is 8.36. The fourth-order valence-electron chi connectivity index (χ4n) is 4.50. The third-order valence-corrected chi connectivity index (χ3v) is 7.09. The van der Waals surface area contributed by atoms with Gasteiger partial charge in [-0.25, -0.2) is 4.98 Å². The first-order valence-corrected chi connectivity index (χ1v) is 12.2. The van der Waals surface area contributed by atoms with Crippen LogP contribution in [-0.4, -0.2) is 42.0 Å². The number of amides is 1. The number of rotatable bonds is 3. The summed E-state index contributed by atoms with van der Waals surface area (Å²) in [7, 11) is 0. The Hall–Kier alpha value is -2.79. The van der Waals surface area contributed by atoms with Crippen molar-refractivity contribution in [1.29, 1.82) is 0 Å². The Bertz CT molecular complexity index is 1380. The van der Waals surface area contributed by atoms with Crippen LogP contribution < -0.4 is 4.90 Å². The number of anilines is 1. The highest BCUT2D eigenvalue weighted by Crippen LogP contribution is 2.35. The van der Waals surface area contributed by atoms with Gasteiger partial charge in [0.15, 0.2) is 0 Å². The van der Waals surface area contributed by atoms with Gasteiger partial charge in [0.25, 0.3) is 5.91 Å². The highest BCUT2D eigenvalue weighted by Gasteiger charge is 2.27. The molecule has 1 saturated heterocycles. The Morgan fingerprint density at radius 2 is 1.53 bits per heavy atom. The molecule has 4 nitrogen and oxygen atoms in total. The van der Waals surface area contributed by atoms with Gasteiger partial charge < -0.3 is 9.80 Å². The maximum atomic E-state index is 13.9. The number of halogens is 3. The van der Waals surface area contributed by atoms with Crippen LogP contribution in [0.2, 0.25) is 15.1 Å². The van der Waals surface area contributed by atoms with Gasteiger partial charge in [-0.05, 0) is 61.0 Å². The molecule has 1 amide bonds. The topological polar surface area (TPSA) is 36.4 Å². The Balaban J connectivity index is 1.50. The van der Waals surface area contributed by atoms with Gasteiger partial charge in [-0.2, -0.15) is 0 Å². The molecule has 0 radical (unpaired) electrons. The van der Waals surface area contributed by atoms with Crippen molar-refractivity contribution in [3.8, 4) is 11.3 Å². The molecule has 172 valence electrons. The van der Waals surface area contributed by atoms with E-state index in [2.05, 4.69) is 4.90 Å². The van der Waals surface area contributed by atoms with E-state index in [0.717, 1.165) is 40.8 Å². The fourth-order valence-corrected chi connectivity index (χ4v) is 5.13. The lowest BCUT2D eigenvalue weighted by Gasteiger charge is -2.36. The molecule has 0 saturated carbocycles. The molecule has 0 spiro atoms. The summed E-state index contributed by atoms with van der Waals surface area (Å²) in [5.74, 6) is 0.0122. The van der Waals surface area contributed by atoms with Gasteiger partial charge in [-0.1, -0.05) is 53.0 Å². The minimum atomic E-state index is 0.0122. The second-order valence-corrected chi connectivity index (χ2v) is 9.64. The zero-order chi connectivity index (χ0) is 23.8. The highest BCUT2D eigenvalue weighted by molar-refractivity contribution is 6.36. The molecular formula is C27H22Cl3N3O. The molecule has 0 unspecified atom stereocenters. The monoisotopic (exact) mass is 509 g/mol. The van der Waals surface area contributed by atoms with E-state index in [-0.39, 0.29) is 5.91 Å². The maximum Gasteiger partial charge on any atom is 0.255 e. The van der Waals surface area contributed by atoms with Crippen LogP contribution in [0.1, 0.15) is 15.9 Å². The number of aromatic nitrogens is 1. The molecule has 4 aromatic rings. The van der Waals surface area contributed by atoms with E-state index >= 15 is 0 Å². The number of piperazine rings is 1. The number of carbonyl (C=O) groups excluding carboxylic acids is 1. The molecular weight excluding hydrogens is 489 g/mol. The molecule has 5 rings (SSSR count). The molecule has 0 N–H and O–H groups in total. The zero-order valence-corrected chi connectivity index (χ0v) is 20.8. The van der Waals surface area contributed by atoms with Crippen molar-refractivity contribution in [2.45, 2.75) is 6.92 Å². The highest BCUT2D eigenvalue weighted by atomic mass is 35.5. The van der Waals surface area contributed by atoms with E-state index in [1.54, 1.807) is 12.1 Å². The van der Waals surface area contributed by atoms with Crippen molar-refractivity contribution in [3.05, 3.63) is 92.9 Å². The van der Waals surface area contributed by atoms with E-state index in [1.165, 1.54) is 0 Å². The molecule has 3 aromatic carbocycles. The molecule has 7 heteroatoms. The van der Waals surface area contributed by atoms with Crippen molar-refractivity contribution < 1.29 is 4.79 Å². The Morgan fingerprint density at radius 3 is 2.24 bits per heavy atom. The first kappa shape index (κ1) is 23.0. The van der Waals surface area contributed by atoms with Crippen LogP contribution in [0.3, 0.4) is 0 Å². The summed E-state index contributed by atoms with van der Waals surface area (Å²) in [6.45, 7) is 4.72. The summed E-state index contributed by atoms with van der Waals surface area (Å²) in [4.78, 5) is 22.9. The van der Waals surface area contributed by atoms with E-state index in [0.29, 0.717) is 39.4 Å². The van der Waals surface area contributed by atoms with Crippen molar-refractivity contribution in [2.24, 2.45) is 0 Å². The van der Waals surface area contributed by atoms with Crippen molar-refractivity contribution in [1.82, 2.24) is 9.88 Å². The number of pyridine rings is 1. The number of hydrogen-bond acceptors (Lipinski definition) is 3. The molecule has 34 heavy (non-hydrogen) atoms. The first-order valence-electron chi connectivity index (χ1n) is 11.1.